The maximum atomic E-state index is 11.9. The van der Waals surface area contributed by atoms with Crippen LogP contribution in [0.1, 0.15) is 19.6 Å². The van der Waals surface area contributed by atoms with E-state index in [4.69, 9.17) is 9.15 Å². The maximum absolute atomic E-state index is 11.9. The molecule has 0 atom stereocenters. The molecule has 0 aliphatic carbocycles. The fraction of sp³-hybridized carbons (Fsp3) is 0.267. The number of amides is 1. The molecular formula is C15H17NO3. The smallest absolute Gasteiger partial charge is 0.232 e. The molecule has 0 aliphatic heterocycles. The highest BCUT2D eigenvalue weighted by Crippen LogP contribution is 2.24. The third kappa shape index (κ3) is 3.88. The van der Waals surface area contributed by atoms with Gasteiger partial charge in [0.15, 0.2) is 0 Å². The van der Waals surface area contributed by atoms with Gasteiger partial charge < -0.3 is 14.5 Å². The quantitative estimate of drug-likeness (QED) is 0.896. The molecule has 0 spiro atoms. The van der Waals surface area contributed by atoms with E-state index in [-0.39, 0.29) is 18.4 Å². The summed E-state index contributed by atoms with van der Waals surface area (Å²) >= 11 is 0. The van der Waals surface area contributed by atoms with Gasteiger partial charge in [-0.1, -0.05) is 12.1 Å². The second-order valence-electron chi connectivity index (χ2n) is 4.47. The van der Waals surface area contributed by atoms with Gasteiger partial charge in [-0.2, -0.15) is 0 Å². The Labute approximate surface area is 112 Å². The van der Waals surface area contributed by atoms with E-state index >= 15 is 0 Å². The maximum Gasteiger partial charge on any atom is 0.232 e. The Bertz CT molecular complexity index is 532. The SMILES string of the molecule is CC(C)Oc1ccccc1NC(=O)Cc1ccco1. The first-order valence-corrected chi connectivity index (χ1v) is 6.23. The van der Waals surface area contributed by atoms with Gasteiger partial charge in [0.1, 0.15) is 11.5 Å². The third-order valence-corrected chi connectivity index (χ3v) is 2.44. The van der Waals surface area contributed by atoms with Crippen molar-refractivity contribution in [2.75, 3.05) is 5.32 Å². The number of carbonyl (C=O) groups is 1. The summed E-state index contributed by atoms with van der Waals surface area (Å²) in [5.41, 5.74) is 0.674. The molecule has 4 heteroatoms. The lowest BCUT2D eigenvalue weighted by Crippen LogP contribution is -2.16. The topological polar surface area (TPSA) is 51.5 Å². The van der Waals surface area contributed by atoms with Crippen molar-refractivity contribution in [2.45, 2.75) is 26.4 Å². The van der Waals surface area contributed by atoms with Gasteiger partial charge >= 0.3 is 0 Å². The zero-order chi connectivity index (χ0) is 13.7. The van der Waals surface area contributed by atoms with Crippen molar-refractivity contribution < 1.29 is 13.9 Å². The van der Waals surface area contributed by atoms with Gasteiger partial charge in [-0.3, -0.25) is 4.79 Å². The minimum absolute atomic E-state index is 0.0584. The first kappa shape index (κ1) is 13.2. The summed E-state index contributed by atoms with van der Waals surface area (Å²) in [4.78, 5) is 11.9. The highest BCUT2D eigenvalue weighted by atomic mass is 16.5. The van der Waals surface area contributed by atoms with Crippen LogP contribution in [0.15, 0.2) is 47.1 Å². The lowest BCUT2D eigenvalue weighted by atomic mass is 10.2. The zero-order valence-corrected chi connectivity index (χ0v) is 11.1. The van der Waals surface area contributed by atoms with Crippen molar-refractivity contribution >= 4 is 11.6 Å². The summed E-state index contributed by atoms with van der Waals surface area (Å²) in [6.07, 6.45) is 1.82. The summed E-state index contributed by atoms with van der Waals surface area (Å²) in [6.45, 7) is 3.89. The molecule has 0 unspecified atom stereocenters. The molecule has 1 N–H and O–H groups in total. The molecule has 19 heavy (non-hydrogen) atoms. The fourth-order valence-electron chi connectivity index (χ4n) is 1.69. The second kappa shape index (κ2) is 6.09. The zero-order valence-electron chi connectivity index (χ0n) is 11.1. The summed E-state index contributed by atoms with van der Waals surface area (Å²) in [7, 11) is 0. The number of nitrogens with one attached hydrogen (secondary N) is 1. The van der Waals surface area contributed by atoms with Crippen molar-refractivity contribution in [3.05, 3.63) is 48.4 Å². The van der Waals surface area contributed by atoms with Gasteiger partial charge in [0.25, 0.3) is 0 Å². The first-order valence-electron chi connectivity index (χ1n) is 6.23. The molecule has 1 amide bonds. The summed E-state index contributed by atoms with van der Waals surface area (Å²) < 4.78 is 10.8. The van der Waals surface area contributed by atoms with Crippen LogP contribution in [-0.2, 0) is 11.2 Å². The molecule has 2 rings (SSSR count). The van der Waals surface area contributed by atoms with Gasteiger partial charge in [0.2, 0.25) is 5.91 Å². The molecule has 0 aliphatic rings. The Morgan fingerprint density at radius 3 is 2.74 bits per heavy atom. The molecule has 0 fully saturated rings. The van der Waals surface area contributed by atoms with E-state index in [2.05, 4.69) is 5.32 Å². The van der Waals surface area contributed by atoms with E-state index in [9.17, 15) is 4.79 Å². The van der Waals surface area contributed by atoms with E-state index in [1.165, 1.54) is 0 Å². The molecule has 4 nitrogen and oxygen atoms in total. The lowest BCUT2D eigenvalue weighted by molar-refractivity contribution is -0.115. The molecule has 1 heterocycles. The Morgan fingerprint density at radius 2 is 2.05 bits per heavy atom. The number of hydrogen-bond donors (Lipinski definition) is 1. The van der Waals surface area contributed by atoms with Crippen molar-refractivity contribution in [3.63, 3.8) is 0 Å². The number of anilines is 1. The Balaban J connectivity index is 2.04. The first-order chi connectivity index (χ1) is 9.15. The van der Waals surface area contributed by atoms with E-state index in [1.807, 2.05) is 38.1 Å². The van der Waals surface area contributed by atoms with Crippen LogP contribution in [-0.4, -0.2) is 12.0 Å². The van der Waals surface area contributed by atoms with E-state index < -0.39 is 0 Å². The Kier molecular flexibility index (Phi) is 4.23. The van der Waals surface area contributed by atoms with Crippen LogP contribution in [0.25, 0.3) is 0 Å². The number of rotatable bonds is 5. The molecule has 0 bridgehead atoms. The van der Waals surface area contributed by atoms with Crippen LogP contribution in [0.5, 0.6) is 5.75 Å². The number of ether oxygens (including phenoxy) is 1. The predicted octanol–water partition coefficient (Wildman–Crippen LogP) is 3.25. The van der Waals surface area contributed by atoms with Crippen LogP contribution >= 0.6 is 0 Å². The standard InChI is InChI=1S/C15H17NO3/c1-11(2)19-14-8-4-3-7-13(14)16-15(17)10-12-6-5-9-18-12/h3-9,11H,10H2,1-2H3,(H,16,17). The summed E-state index contributed by atoms with van der Waals surface area (Å²) in [5.74, 6) is 1.18. The van der Waals surface area contributed by atoms with Gasteiger partial charge in [0.05, 0.1) is 24.5 Å². The van der Waals surface area contributed by atoms with Crippen LogP contribution in [0, 0.1) is 0 Å². The van der Waals surface area contributed by atoms with Crippen LogP contribution < -0.4 is 10.1 Å². The van der Waals surface area contributed by atoms with E-state index in [1.54, 1.807) is 18.4 Å². The summed E-state index contributed by atoms with van der Waals surface area (Å²) in [6, 6.07) is 10.9. The van der Waals surface area contributed by atoms with Crippen molar-refractivity contribution in [2.24, 2.45) is 0 Å². The van der Waals surface area contributed by atoms with E-state index in [0.29, 0.717) is 17.2 Å². The average molecular weight is 259 g/mol. The van der Waals surface area contributed by atoms with Gasteiger partial charge in [-0.15, -0.1) is 0 Å². The molecule has 1 aromatic heterocycles. The lowest BCUT2D eigenvalue weighted by Gasteiger charge is -2.14. The van der Waals surface area contributed by atoms with Crippen LogP contribution in [0.3, 0.4) is 0 Å². The molecule has 100 valence electrons. The van der Waals surface area contributed by atoms with Crippen molar-refractivity contribution in [3.8, 4) is 5.75 Å². The highest BCUT2D eigenvalue weighted by Gasteiger charge is 2.10. The molecule has 0 saturated heterocycles. The molecule has 0 saturated carbocycles. The van der Waals surface area contributed by atoms with Crippen LogP contribution in [0.4, 0.5) is 5.69 Å². The van der Waals surface area contributed by atoms with Gasteiger partial charge in [-0.05, 0) is 38.1 Å². The number of carbonyl (C=O) groups excluding carboxylic acids is 1. The van der Waals surface area contributed by atoms with Crippen molar-refractivity contribution in [1.82, 2.24) is 0 Å². The second-order valence-corrected chi connectivity index (χ2v) is 4.47. The predicted molar refractivity (Wildman–Crippen MR) is 73.2 cm³/mol. The molecular weight excluding hydrogens is 242 g/mol. The molecule has 2 aromatic rings. The van der Waals surface area contributed by atoms with Gasteiger partial charge in [0, 0.05) is 0 Å². The Morgan fingerprint density at radius 1 is 1.26 bits per heavy atom. The number of benzene rings is 1. The Hall–Kier alpha value is -2.23. The van der Waals surface area contributed by atoms with Crippen LogP contribution in [0.2, 0.25) is 0 Å². The third-order valence-electron chi connectivity index (χ3n) is 2.44. The molecule has 0 radical (unpaired) electrons. The molecule has 1 aromatic carbocycles. The number of furan rings is 1. The van der Waals surface area contributed by atoms with Gasteiger partial charge in [-0.25, -0.2) is 0 Å². The average Bonchev–Trinajstić information content (AvgIpc) is 2.83. The normalized spacial score (nSPS) is 10.5. The number of hydrogen-bond acceptors (Lipinski definition) is 3. The number of para-hydroxylation sites is 2. The van der Waals surface area contributed by atoms with Crippen molar-refractivity contribution in [1.29, 1.82) is 0 Å². The fourth-order valence-corrected chi connectivity index (χ4v) is 1.69. The largest absolute Gasteiger partial charge is 0.489 e. The van der Waals surface area contributed by atoms with E-state index in [0.717, 1.165) is 0 Å². The minimum Gasteiger partial charge on any atom is -0.489 e. The monoisotopic (exact) mass is 259 g/mol. The summed E-state index contributed by atoms with van der Waals surface area (Å²) in [5, 5.41) is 2.83. The minimum atomic E-state index is -0.130. The highest BCUT2D eigenvalue weighted by molar-refractivity contribution is 5.93.